The first-order chi connectivity index (χ1) is 9.61. The fraction of sp³-hybridized carbons (Fsp3) is 0.571. The number of anilines is 1. The van der Waals surface area contributed by atoms with Crippen molar-refractivity contribution in [1.82, 2.24) is 9.88 Å². The van der Waals surface area contributed by atoms with Gasteiger partial charge >= 0.3 is 0 Å². The van der Waals surface area contributed by atoms with Crippen molar-refractivity contribution in [2.24, 2.45) is 0 Å². The third kappa shape index (κ3) is 2.95. The highest BCUT2D eigenvalue weighted by Crippen LogP contribution is 2.35. The summed E-state index contributed by atoms with van der Waals surface area (Å²) in [5.41, 5.74) is 0. The maximum atomic E-state index is 12.1. The molecular formula is C14H18ClN3O2. The number of halogens is 1. The molecule has 2 N–H and O–H groups in total. The van der Waals surface area contributed by atoms with Gasteiger partial charge in [0.05, 0.1) is 17.7 Å². The Morgan fingerprint density at radius 1 is 1.40 bits per heavy atom. The SMILES string of the molecule is O=C(CN1[C@@H]2CC[C@H]1CC(O)C2)Nc1ccc(Cl)cn1. The van der Waals surface area contributed by atoms with Crippen molar-refractivity contribution >= 4 is 23.3 Å². The van der Waals surface area contributed by atoms with E-state index in [2.05, 4.69) is 15.2 Å². The van der Waals surface area contributed by atoms with Crippen LogP contribution in [0.15, 0.2) is 18.3 Å². The maximum absolute atomic E-state index is 12.1. The average molecular weight is 296 g/mol. The van der Waals surface area contributed by atoms with Gasteiger partial charge in [-0.05, 0) is 37.8 Å². The fourth-order valence-electron chi connectivity index (χ4n) is 3.30. The highest BCUT2D eigenvalue weighted by Gasteiger charge is 2.40. The zero-order valence-corrected chi connectivity index (χ0v) is 11.9. The third-order valence-electron chi connectivity index (χ3n) is 4.18. The quantitative estimate of drug-likeness (QED) is 0.890. The number of nitrogens with one attached hydrogen (secondary N) is 1. The van der Waals surface area contributed by atoms with Crippen LogP contribution < -0.4 is 5.32 Å². The molecule has 1 aromatic heterocycles. The van der Waals surface area contributed by atoms with Crippen LogP contribution >= 0.6 is 11.6 Å². The van der Waals surface area contributed by atoms with Crippen molar-refractivity contribution in [3.05, 3.63) is 23.4 Å². The lowest BCUT2D eigenvalue weighted by Crippen LogP contribution is -2.47. The molecule has 2 saturated heterocycles. The summed E-state index contributed by atoms with van der Waals surface area (Å²) >= 11 is 5.76. The standard InChI is InChI=1S/C14H18ClN3O2/c15-9-1-4-13(16-7-9)17-14(20)8-18-10-2-3-11(18)6-12(19)5-10/h1,4,7,10-12,19H,2-3,5-6,8H2,(H,16,17,20)/t10-,11+,12?. The molecule has 1 amide bonds. The number of aromatic nitrogens is 1. The molecule has 0 saturated carbocycles. The average Bonchev–Trinajstić information content (AvgIpc) is 2.65. The number of piperidine rings is 1. The lowest BCUT2D eigenvalue weighted by molar-refractivity contribution is -0.119. The largest absolute Gasteiger partial charge is 0.393 e. The summed E-state index contributed by atoms with van der Waals surface area (Å²) in [6.45, 7) is 0.367. The number of nitrogens with zero attached hydrogens (tertiary/aromatic N) is 2. The van der Waals surface area contributed by atoms with E-state index in [0.717, 1.165) is 25.7 Å². The van der Waals surface area contributed by atoms with Gasteiger partial charge < -0.3 is 10.4 Å². The molecule has 0 aliphatic carbocycles. The molecule has 0 spiro atoms. The van der Waals surface area contributed by atoms with Crippen LogP contribution in [0, 0.1) is 0 Å². The van der Waals surface area contributed by atoms with Gasteiger partial charge in [-0.2, -0.15) is 0 Å². The lowest BCUT2D eigenvalue weighted by Gasteiger charge is -2.36. The number of carbonyl (C=O) groups is 1. The van der Waals surface area contributed by atoms with Crippen molar-refractivity contribution in [3.63, 3.8) is 0 Å². The van der Waals surface area contributed by atoms with Crippen LogP contribution in [-0.2, 0) is 4.79 Å². The van der Waals surface area contributed by atoms with Gasteiger partial charge in [-0.15, -0.1) is 0 Å². The highest BCUT2D eigenvalue weighted by molar-refractivity contribution is 6.30. The molecule has 2 aliphatic rings. The molecule has 0 aromatic carbocycles. The van der Waals surface area contributed by atoms with Gasteiger partial charge in [0, 0.05) is 18.3 Å². The van der Waals surface area contributed by atoms with Crippen molar-refractivity contribution in [1.29, 1.82) is 0 Å². The minimum Gasteiger partial charge on any atom is -0.393 e. The summed E-state index contributed by atoms with van der Waals surface area (Å²) in [4.78, 5) is 18.4. The Hall–Kier alpha value is -1.17. The number of aliphatic hydroxyl groups is 1. The fourth-order valence-corrected chi connectivity index (χ4v) is 3.41. The smallest absolute Gasteiger partial charge is 0.239 e. The summed E-state index contributed by atoms with van der Waals surface area (Å²) in [6, 6.07) is 4.07. The van der Waals surface area contributed by atoms with Crippen LogP contribution in [0.1, 0.15) is 25.7 Å². The van der Waals surface area contributed by atoms with Gasteiger partial charge in [-0.1, -0.05) is 11.6 Å². The Labute approximate surface area is 122 Å². The number of aliphatic hydroxyl groups excluding tert-OH is 1. The normalized spacial score (nSPS) is 29.4. The van der Waals surface area contributed by atoms with Gasteiger partial charge in [0.25, 0.3) is 0 Å². The second kappa shape index (κ2) is 5.68. The van der Waals surface area contributed by atoms with Crippen LogP contribution in [0.3, 0.4) is 0 Å². The molecule has 2 fully saturated rings. The van der Waals surface area contributed by atoms with E-state index < -0.39 is 0 Å². The molecule has 2 bridgehead atoms. The van der Waals surface area contributed by atoms with E-state index in [1.54, 1.807) is 12.1 Å². The van der Waals surface area contributed by atoms with Crippen LogP contribution in [0.25, 0.3) is 0 Å². The summed E-state index contributed by atoms with van der Waals surface area (Å²) in [5.74, 6) is 0.455. The summed E-state index contributed by atoms with van der Waals surface area (Å²) < 4.78 is 0. The molecule has 1 unspecified atom stereocenters. The van der Waals surface area contributed by atoms with E-state index in [9.17, 15) is 9.90 Å². The monoisotopic (exact) mass is 295 g/mol. The maximum Gasteiger partial charge on any atom is 0.239 e. The van der Waals surface area contributed by atoms with Gasteiger partial charge in [-0.25, -0.2) is 4.98 Å². The summed E-state index contributed by atoms with van der Waals surface area (Å²) in [7, 11) is 0. The van der Waals surface area contributed by atoms with E-state index in [1.165, 1.54) is 6.20 Å². The van der Waals surface area contributed by atoms with E-state index in [4.69, 9.17) is 11.6 Å². The highest BCUT2D eigenvalue weighted by atomic mass is 35.5. The minimum absolute atomic E-state index is 0.0619. The number of hydrogen-bond acceptors (Lipinski definition) is 4. The number of rotatable bonds is 3. The van der Waals surface area contributed by atoms with Crippen molar-refractivity contribution < 1.29 is 9.90 Å². The van der Waals surface area contributed by atoms with Gasteiger partial charge in [0.2, 0.25) is 5.91 Å². The van der Waals surface area contributed by atoms with Crippen LogP contribution in [0.5, 0.6) is 0 Å². The van der Waals surface area contributed by atoms with Crippen molar-refractivity contribution in [3.8, 4) is 0 Å². The minimum atomic E-state index is -0.204. The van der Waals surface area contributed by atoms with Crippen molar-refractivity contribution in [2.75, 3.05) is 11.9 Å². The summed E-state index contributed by atoms with van der Waals surface area (Å²) in [5, 5.41) is 13.1. The molecule has 0 radical (unpaired) electrons. The Morgan fingerprint density at radius 3 is 2.70 bits per heavy atom. The van der Waals surface area contributed by atoms with E-state index >= 15 is 0 Å². The Kier molecular flexibility index (Phi) is 3.92. The Bertz CT molecular complexity index is 480. The van der Waals surface area contributed by atoms with Crippen LogP contribution in [-0.4, -0.2) is 45.6 Å². The molecule has 5 nitrogen and oxygen atoms in total. The second-order valence-electron chi connectivity index (χ2n) is 5.59. The molecule has 3 heterocycles. The topological polar surface area (TPSA) is 65.5 Å². The molecular weight excluding hydrogens is 278 g/mol. The molecule has 2 aliphatic heterocycles. The molecule has 3 atom stereocenters. The van der Waals surface area contributed by atoms with E-state index in [-0.39, 0.29) is 12.0 Å². The van der Waals surface area contributed by atoms with E-state index in [1.807, 2.05) is 0 Å². The zero-order valence-electron chi connectivity index (χ0n) is 11.1. The molecule has 3 rings (SSSR count). The first-order valence-corrected chi connectivity index (χ1v) is 7.35. The van der Waals surface area contributed by atoms with Gasteiger partial charge in [0.15, 0.2) is 0 Å². The number of fused-ring (bicyclic) bond motifs is 2. The Morgan fingerprint density at radius 2 is 2.10 bits per heavy atom. The van der Waals surface area contributed by atoms with E-state index in [0.29, 0.717) is 29.5 Å². The Balaban J connectivity index is 1.58. The number of amides is 1. The first-order valence-electron chi connectivity index (χ1n) is 6.97. The molecule has 6 heteroatoms. The van der Waals surface area contributed by atoms with Crippen molar-refractivity contribution in [2.45, 2.75) is 43.9 Å². The number of pyridine rings is 1. The van der Waals surface area contributed by atoms with Crippen LogP contribution in [0.2, 0.25) is 5.02 Å². The zero-order chi connectivity index (χ0) is 14.1. The van der Waals surface area contributed by atoms with Crippen LogP contribution in [0.4, 0.5) is 5.82 Å². The first kappa shape index (κ1) is 13.8. The van der Waals surface area contributed by atoms with Gasteiger partial charge in [0.1, 0.15) is 5.82 Å². The second-order valence-corrected chi connectivity index (χ2v) is 6.03. The predicted molar refractivity (Wildman–Crippen MR) is 76.6 cm³/mol. The molecule has 108 valence electrons. The number of carbonyl (C=O) groups excluding carboxylic acids is 1. The molecule has 1 aromatic rings. The summed E-state index contributed by atoms with van der Waals surface area (Å²) in [6.07, 6.45) is 5.02. The lowest BCUT2D eigenvalue weighted by atomic mass is 10.00. The predicted octanol–water partition coefficient (Wildman–Crippen LogP) is 1.66. The third-order valence-corrected chi connectivity index (χ3v) is 4.40. The van der Waals surface area contributed by atoms with Gasteiger partial charge in [-0.3, -0.25) is 9.69 Å². The molecule has 20 heavy (non-hydrogen) atoms. The number of hydrogen-bond donors (Lipinski definition) is 2.